The first-order chi connectivity index (χ1) is 10.6. The Bertz CT molecular complexity index is 820. The summed E-state index contributed by atoms with van der Waals surface area (Å²) >= 11 is 0. The van der Waals surface area contributed by atoms with Crippen LogP contribution in [0.15, 0.2) is 42.6 Å². The van der Waals surface area contributed by atoms with Crippen LogP contribution in [0.4, 0.5) is 5.69 Å². The average molecular weight is 298 g/mol. The number of aromatic nitrogens is 1. The van der Waals surface area contributed by atoms with Gasteiger partial charge in [-0.25, -0.2) is 4.98 Å². The topological polar surface area (TPSA) is 85.5 Å². The fourth-order valence-electron chi connectivity index (χ4n) is 2.28. The Balaban J connectivity index is 1.83. The molecule has 1 heterocycles. The molecule has 0 bridgehead atoms. The van der Waals surface area contributed by atoms with Crippen LogP contribution in [0.1, 0.15) is 12.0 Å². The fourth-order valence-corrected chi connectivity index (χ4v) is 2.28. The zero-order valence-corrected chi connectivity index (χ0v) is 11.7. The van der Waals surface area contributed by atoms with Gasteiger partial charge < -0.3 is 9.84 Å². The molecule has 0 saturated carbocycles. The van der Waals surface area contributed by atoms with Crippen molar-refractivity contribution in [3.05, 3.63) is 68.8 Å². The first-order valence-corrected chi connectivity index (χ1v) is 6.80. The van der Waals surface area contributed by atoms with Gasteiger partial charge in [0.25, 0.3) is 5.69 Å². The summed E-state index contributed by atoms with van der Waals surface area (Å²) < 4.78 is 5.59. The van der Waals surface area contributed by atoms with E-state index >= 15 is 0 Å². The predicted molar refractivity (Wildman–Crippen MR) is 79.9 cm³/mol. The van der Waals surface area contributed by atoms with E-state index in [1.54, 1.807) is 6.08 Å². The van der Waals surface area contributed by atoms with Crippen molar-refractivity contribution in [2.24, 2.45) is 0 Å². The normalized spacial score (nSPS) is 19.7. The van der Waals surface area contributed by atoms with E-state index in [1.807, 2.05) is 30.3 Å². The molecule has 0 amide bonds. The smallest absolute Gasteiger partial charge is 0.288 e. The first-order valence-electron chi connectivity index (χ1n) is 6.80. The van der Waals surface area contributed by atoms with E-state index in [1.165, 1.54) is 18.3 Å². The quantitative estimate of drug-likeness (QED) is 0.514. The molecule has 0 radical (unpaired) electrons. The van der Waals surface area contributed by atoms with Gasteiger partial charge in [0.15, 0.2) is 5.79 Å². The third-order valence-electron chi connectivity index (χ3n) is 3.45. The number of aliphatic hydroxyl groups is 1. The van der Waals surface area contributed by atoms with Crippen LogP contribution in [-0.2, 0) is 11.3 Å². The number of benzene rings is 1. The van der Waals surface area contributed by atoms with E-state index in [0.29, 0.717) is 10.6 Å². The molecule has 1 atom stereocenters. The van der Waals surface area contributed by atoms with Crippen LogP contribution in [0, 0.1) is 10.1 Å². The fraction of sp³-hybridized carbons (Fsp3) is 0.188. The van der Waals surface area contributed by atoms with Crippen molar-refractivity contribution in [2.75, 3.05) is 0 Å². The standard InChI is InChI=1S/C16H14N2O4/c19-16(22-11-12-4-2-1-3-5-12)7-6-13-8-14(18(20)21)10-17-15(13)9-16/h1-6,8-10,19H,7,11H2. The highest BCUT2D eigenvalue weighted by Crippen LogP contribution is 2.19. The van der Waals surface area contributed by atoms with Gasteiger partial charge in [-0.3, -0.25) is 10.1 Å². The van der Waals surface area contributed by atoms with Crippen LogP contribution in [0.25, 0.3) is 12.2 Å². The number of rotatable bonds is 4. The molecule has 0 spiro atoms. The van der Waals surface area contributed by atoms with Gasteiger partial charge in [-0.15, -0.1) is 0 Å². The van der Waals surface area contributed by atoms with Gasteiger partial charge in [-0.1, -0.05) is 36.4 Å². The van der Waals surface area contributed by atoms with Crippen molar-refractivity contribution in [1.29, 1.82) is 0 Å². The van der Waals surface area contributed by atoms with E-state index in [9.17, 15) is 15.2 Å². The molecule has 6 nitrogen and oxygen atoms in total. The van der Waals surface area contributed by atoms with Gasteiger partial charge in [-0.2, -0.15) is 0 Å². The molecule has 6 heteroatoms. The number of nitro groups is 1. The maximum absolute atomic E-state index is 10.7. The lowest BCUT2D eigenvalue weighted by Crippen LogP contribution is -2.41. The van der Waals surface area contributed by atoms with Crippen LogP contribution in [-0.4, -0.2) is 20.8 Å². The number of fused-ring (bicyclic) bond motifs is 1. The van der Waals surface area contributed by atoms with Gasteiger partial charge >= 0.3 is 0 Å². The Hall–Kier alpha value is -2.57. The highest BCUT2D eigenvalue weighted by molar-refractivity contribution is 5.45. The molecule has 3 rings (SSSR count). The van der Waals surface area contributed by atoms with E-state index in [-0.39, 0.29) is 18.7 Å². The molecule has 1 N–H and O–H groups in total. The molecular formula is C16H14N2O4. The third-order valence-corrected chi connectivity index (χ3v) is 3.45. The molecule has 0 fully saturated rings. The highest BCUT2D eigenvalue weighted by atomic mass is 16.6. The molecule has 1 aliphatic rings. The van der Waals surface area contributed by atoms with Gasteiger partial charge in [0.2, 0.25) is 0 Å². The summed E-state index contributed by atoms with van der Waals surface area (Å²) in [6, 6.07) is 11.0. The van der Waals surface area contributed by atoms with Gasteiger partial charge in [0.1, 0.15) is 6.20 Å². The van der Waals surface area contributed by atoms with Crippen LogP contribution in [0.5, 0.6) is 0 Å². The van der Waals surface area contributed by atoms with Gasteiger partial charge in [0.05, 0.1) is 16.9 Å². The number of nitrogens with zero attached hydrogens (tertiary/aromatic N) is 2. The molecule has 1 unspecified atom stereocenters. The highest BCUT2D eigenvalue weighted by Gasteiger charge is 2.26. The van der Waals surface area contributed by atoms with Crippen molar-refractivity contribution in [1.82, 2.24) is 4.98 Å². The summed E-state index contributed by atoms with van der Waals surface area (Å²) in [5.74, 6) is -1.45. The SMILES string of the molecule is O=[N+]([O-])c1cnc2c(c1)=CCC(O)(OCc1ccccc1)C=2. The minimum absolute atomic E-state index is 0.0703. The second-order valence-electron chi connectivity index (χ2n) is 5.10. The van der Waals surface area contributed by atoms with Crippen LogP contribution < -0.4 is 10.6 Å². The summed E-state index contributed by atoms with van der Waals surface area (Å²) in [6.07, 6.45) is 4.58. The maximum atomic E-state index is 10.7. The number of hydrogen-bond acceptors (Lipinski definition) is 5. The third kappa shape index (κ3) is 3.03. The number of hydrogen-bond donors (Lipinski definition) is 1. The summed E-state index contributed by atoms with van der Waals surface area (Å²) in [7, 11) is 0. The minimum atomic E-state index is -1.45. The van der Waals surface area contributed by atoms with Crippen molar-refractivity contribution >= 4 is 17.8 Å². The molecular weight excluding hydrogens is 284 g/mol. The second kappa shape index (κ2) is 5.67. The van der Waals surface area contributed by atoms with E-state index < -0.39 is 10.7 Å². The molecule has 0 saturated heterocycles. The Morgan fingerprint density at radius 2 is 2.14 bits per heavy atom. The van der Waals surface area contributed by atoms with Crippen LogP contribution >= 0.6 is 0 Å². The Morgan fingerprint density at radius 3 is 2.86 bits per heavy atom. The summed E-state index contributed by atoms with van der Waals surface area (Å²) in [5, 5.41) is 22.3. The zero-order chi connectivity index (χ0) is 15.6. The lowest BCUT2D eigenvalue weighted by molar-refractivity contribution is -0.385. The summed E-state index contributed by atoms with van der Waals surface area (Å²) in [6.45, 7) is 0.268. The largest absolute Gasteiger partial charge is 0.362 e. The van der Waals surface area contributed by atoms with E-state index in [2.05, 4.69) is 4.98 Å². The first kappa shape index (κ1) is 14.4. The summed E-state index contributed by atoms with van der Waals surface area (Å²) in [5.41, 5.74) is 0.880. The Kier molecular flexibility index (Phi) is 3.70. The lowest BCUT2D eigenvalue weighted by atomic mass is 10.1. The predicted octanol–water partition coefficient (Wildman–Crippen LogP) is 0.860. The lowest BCUT2D eigenvalue weighted by Gasteiger charge is -2.25. The molecule has 1 aliphatic carbocycles. The molecule has 1 aromatic heterocycles. The van der Waals surface area contributed by atoms with Gasteiger partial charge in [0, 0.05) is 23.8 Å². The zero-order valence-electron chi connectivity index (χ0n) is 11.7. The second-order valence-corrected chi connectivity index (χ2v) is 5.10. The van der Waals surface area contributed by atoms with Crippen LogP contribution in [0.3, 0.4) is 0 Å². The average Bonchev–Trinajstić information content (AvgIpc) is 2.53. The van der Waals surface area contributed by atoms with Crippen molar-refractivity contribution < 1.29 is 14.8 Å². The Labute approximate surface area is 126 Å². The van der Waals surface area contributed by atoms with Crippen LogP contribution in [0.2, 0.25) is 0 Å². The molecule has 2 aromatic rings. The van der Waals surface area contributed by atoms with Crippen molar-refractivity contribution in [3.8, 4) is 0 Å². The number of pyridine rings is 1. The minimum Gasteiger partial charge on any atom is -0.362 e. The van der Waals surface area contributed by atoms with E-state index in [0.717, 1.165) is 5.56 Å². The Morgan fingerprint density at radius 1 is 1.36 bits per heavy atom. The van der Waals surface area contributed by atoms with E-state index in [4.69, 9.17) is 4.74 Å². The van der Waals surface area contributed by atoms with Crippen molar-refractivity contribution in [3.63, 3.8) is 0 Å². The molecule has 112 valence electrons. The molecule has 22 heavy (non-hydrogen) atoms. The molecule has 1 aromatic carbocycles. The number of ether oxygens (including phenoxy) is 1. The van der Waals surface area contributed by atoms with Gasteiger partial charge in [-0.05, 0) is 5.56 Å². The van der Waals surface area contributed by atoms with Crippen molar-refractivity contribution in [2.45, 2.75) is 18.8 Å². The monoisotopic (exact) mass is 298 g/mol. The molecule has 0 aliphatic heterocycles. The maximum Gasteiger partial charge on any atom is 0.288 e. The summed E-state index contributed by atoms with van der Waals surface area (Å²) in [4.78, 5) is 14.3.